The van der Waals surface area contributed by atoms with Crippen LogP contribution in [0.25, 0.3) is 6.08 Å². The molecule has 0 aliphatic rings. The maximum atomic E-state index is 12.6. The Kier molecular flexibility index (Phi) is 11.7. The van der Waals surface area contributed by atoms with Crippen molar-refractivity contribution in [3.63, 3.8) is 0 Å². The molecule has 0 saturated carbocycles. The van der Waals surface area contributed by atoms with Gasteiger partial charge in [-0.25, -0.2) is 4.98 Å². The lowest BCUT2D eigenvalue weighted by molar-refractivity contribution is -0.297. The fourth-order valence-electron chi connectivity index (χ4n) is 3.92. The minimum absolute atomic E-state index is 0.438. The van der Waals surface area contributed by atoms with Crippen molar-refractivity contribution in [2.24, 2.45) is 0 Å². The minimum atomic E-state index is -4.30. The van der Waals surface area contributed by atoms with E-state index < -0.39 is 17.7 Å². The Morgan fingerprint density at radius 3 is 2.38 bits per heavy atom. The lowest BCUT2D eigenvalue weighted by Gasteiger charge is -2.11. The van der Waals surface area contributed by atoms with E-state index in [1.165, 1.54) is 6.08 Å². The van der Waals surface area contributed by atoms with Crippen molar-refractivity contribution in [3.8, 4) is 5.75 Å². The molecule has 5 nitrogen and oxygen atoms in total. The second-order valence-corrected chi connectivity index (χ2v) is 10.2. The van der Waals surface area contributed by atoms with Gasteiger partial charge in [-0.2, -0.15) is 13.2 Å². The number of carbonyl (C=O) groups excluding carboxylic acids is 1. The summed E-state index contributed by atoms with van der Waals surface area (Å²) in [7, 11) is 0. The SMILES string of the molecule is Nc1cccc(SCc2ccc(OCCCCCCCCc3ccc(C(F)(F)F)cc3)c(/C=C/C(=O)[O-])n2)c1. The number of carboxylic acids is 1. The van der Waals surface area contributed by atoms with Gasteiger partial charge >= 0.3 is 6.18 Å². The number of ether oxygens (including phenoxy) is 1. The molecule has 0 atom stereocenters. The highest BCUT2D eigenvalue weighted by atomic mass is 32.2. The average molecular weight is 558 g/mol. The summed E-state index contributed by atoms with van der Waals surface area (Å²) < 4.78 is 43.8. The van der Waals surface area contributed by atoms with Crippen molar-refractivity contribution in [1.82, 2.24) is 4.98 Å². The first-order valence-electron chi connectivity index (χ1n) is 12.9. The van der Waals surface area contributed by atoms with E-state index in [1.54, 1.807) is 30.0 Å². The molecule has 0 unspecified atom stereocenters. The average Bonchev–Trinajstić information content (AvgIpc) is 2.90. The highest BCUT2D eigenvalue weighted by Gasteiger charge is 2.29. The molecule has 0 bridgehead atoms. The van der Waals surface area contributed by atoms with Gasteiger partial charge in [-0.05, 0) is 79.4 Å². The van der Waals surface area contributed by atoms with Crippen molar-refractivity contribution in [3.05, 3.63) is 89.3 Å². The van der Waals surface area contributed by atoms with Crippen LogP contribution >= 0.6 is 11.8 Å². The predicted octanol–water partition coefficient (Wildman–Crippen LogP) is 6.70. The number of aryl methyl sites for hydroxylation is 1. The number of unbranched alkanes of at least 4 members (excludes halogenated alkanes) is 5. The van der Waals surface area contributed by atoms with Crippen LogP contribution in [0.3, 0.4) is 0 Å². The van der Waals surface area contributed by atoms with E-state index in [9.17, 15) is 23.1 Å². The number of aliphatic carboxylic acids is 1. The zero-order valence-corrected chi connectivity index (χ0v) is 22.4. The maximum absolute atomic E-state index is 12.6. The first kappa shape index (κ1) is 30.1. The van der Waals surface area contributed by atoms with Crippen molar-refractivity contribution < 1.29 is 27.8 Å². The number of pyridine rings is 1. The third-order valence-electron chi connectivity index (χ3n) is 5.96. The van der Waals surface area contributed by atoms with Gasteiger partial charge in [0.05, 0.1) is 23.8 Å². The molecular formula is C30H32F3N2O3S-. The van der Waals surface area contributed by atoms with Crippen LogP contribution in [0.1, 0.15) is 61.0 Å². The van der Waals surface area contributed by atoms with Gasteiger partial charge in [0.2, 0.25) is 0 Å². The van der Waals surface area contributed by atoms with Gasteiger partial charge in [0.25, 0.3) is 0 Å². The number of rotatable bonds is 15. The summed E-state index contributed by atoms with van der Waals surface area (Å²) >= 11 is 1.58. The van der Waals surface area contributed by atoms with Gasteiger partial charge in [-0.15, -0.1) is 11.8 Å². The Morgan fingerprint density at radius 2 is 1.69 bits per heavy atom. The standard InChI is InChI=1S/C30H33F3N2O3S/c31-30(32,33)23-13-11-22(12-14-23)8-5-3-1-2-4-6-19-38-28-17-15-25(35-27(28)16-18-29(36)37)21-39-26-10-7-9-24(34)20-26/h7,9-18,20H,1-6,8,19,21,34H2,(H,36,37)/p-1/b18-16+. The maximum Gasteiger partial charge on any atom is 0.416 e. The number of thioether (sulfide) groups is 1. The van der Waals surface area contributed by atoms with Crippen LogP contribution in [-0.2, 0) is 23.1 Å². The molecule has 2 aromatic carbocycles. The van der Waals surface area contributed by atoms with E-state index in [1.807, 2.05) is 30.3 Å². The topological polar surface area (TPSA) is 88.3 Å². The van der Waals surface area contributed by atoms with Crippen molar-refractivity contribution in [2.45, 2.75) is 61.8 Å². The van der Waals surface area contributed by atoms with Crippen LogP contribution in [-0.4, -0.2) is 17.6 Å². The molecule has 0 spiro atoms. The highest BCUT2D eigenvalue weighted by Crippen LogP contribution is 2.29. The molecule has 3 aromatic rings. The summed E-state index contributed by atoms with van der Waals surface area (Å²) in [4.78, 5) is 16.5. The molecular weight excluding hydrogens is 525 g/mol. The lowest BCUT2D eigenvalue weighted by Crippen LogP contribution is -2.18. The molecule has 0 aliphatic carbocycles. The van der Waals surface area contributed by atoms with E-state index >= 15 is 0 Å². The number of benzene rings is 2. The van der Waals surface area contributed by atoms with Crippen molar-refractivity contribution in [2.75, 3.05) is 12.3 Å². The molecule has 208 valence electrons. The summed E-state index contributed by atoms with van der Waals surface area (Å²) in [5.74, 6) is -0.197. The quantitative estimate of drug-likeness (QED) is 0.0968. The second-order valence-electron chi connectivity index (χ2n) is 9.11. The smallest absolute Gasteiger partial charge is 0.416 e. The number of carboxylic acid groups (broad SMARTS) is 1. The predicted molar refractivity (Wildman–Crippen MR) is 147 cm³/mol. The summed E-state index contributed by atoms with van der Waals surface area (Å²) in [5, 5.41) is 10.9. The zero-order chi connectivity index (χ0) is 28.1. The molecule has 0 saturated heterocycles. The van der Waals surface area contributed by atoms with Crippen LogP contribution in [0.4, 0.5) is 18.9 Å². The summed E-state index contributed by atoms with van der Waals surface area (Å²) in [6.45, 7) is 0.483. The number of hydrogen-bond donors (Lipinski definition) is 1. The van der Waals surface area contributed by atoms with Gasteiger partial charge in [0.1, 0.15) is 11.4 Å². The highest BCUT2D eigenvalue weighted by molar-refractivity contribution is 7.98. The zero-order valence-electron chi connectivity index (χ0n) is 21.6. The summed E-state index contributed by atoms with van der Waals surface area (Å²) in [6.07, 6.45) is 4.64. The van der Waals surface area contributed by atoms with Gasteiger partial charge in [-0.3, -0.25) is 0 Å². The normalized spacial score (nSPS) is 11.7. The Bertz CT molecular complexity index is 1230. The number of nitrogens with two attached hydrogens (primary N) is 1. The van der Waals surface area contributed by atoms with E-state index in [2.05, 4.69) is 4.98 Å². The monoisotopic (exact) mass is 557 g/mol. The number of nitrogens with zero attached hydrogens (tertiary/aromatic N) is 1. The molecule has 0 aliphatic heterocycles. The number of carbonyl (C=O) groups is 1. The molecule has 1 aromatic heterocycles. The van der Waals surface area contributed by atoms with E-state index in [0.29, 0.717) is 29.5 Å². The van der Waals surface area contributed by atoms with Crippen LogP contribution in [0.5, 0.6) is 5.75 Å². The van der Waals surface area contributed by atoms with Crippen LogP contribution < -0.4 is 15.6 Å². The molecule has 2 N–H and O–H groups in total. The van der Waals surface area contributed by atoms with Crippen LogP contribution in [0.2, 0.25) is 0 Å². The molecule has 0 amide bonds. The molecule has 9 heteroatoms. The number of anilines is 1. The van der Waals surface area contributed by atoms with Crippen molar-refractivity contribution in [1.29, 1.82) is 0 Å². The summed E-state index contributed by atoms with van der Waals surface area (Å²) in [5.41, 5.74) is 8.04. The molecule has 0 radical (unpaired) electrons. The number of halogens is 3. The molecule has 39 heavy (non-hydrogen) atoms. The molecule has 3 rings (SSSR count). The number of hydrogen-bond acceptors (Lipinski definition) is 6. The fourth-order valence-corrected chi connectivity index (χ4v) is 4.79. The molecule has 1 heterocycles. The van der Waals surface area contributed by atoms with Gasteiger partial charge < -0.3 is 20.4 Å². The number of aromatic nitrogens is 1. The number of alkyl halides is 3. The van der Waals surface area contributed by atoms with Crippen molar-refractivity contribution >= 4 is 29.5 Å². The first-order valence-corrected chi connectivity index (χ1v) is 13.9. The van der Waals surface area contributed by atoms with E-state index in [0.717, 1.165) is 79.3 Å². The Labute approximate surface area is 231 Å². The molecule has 0 fully saturated rings. The van der Waals surface area contributed by atoms with E-state index in [-0.39, 0.29) is 0 Å². The number of nitrogen functional groups attached to an aromatic ring is 1. The Balaban J connectivity index is 1.37. The third-order valence-corrected chi connectivity index (χ3v) is 6.99. The largest absolute Gasteiger partial charge is 0.545 e. The van der Waals surface area contributed by atoms with Gasteiger partial charge in [0.15, 0.2) is 0 Å². The van der Waals surface area contributed by atoms with Crippen LogP contribution in [0, 0.1) is 0 Å². The van der Waals surface area contributed by atoms with Gasteiger partial charge in [-0.1, -0.05) is 43.9 Å². The third kappa shape index (κ3) is 11.0. The Morgan fingerprint density at radius 1 is 0.974 bits per heavy atom. The first-order chi connectivity index (χ1) is 18.7. The van der Waals surface area contributed by atoms with Crippen LogP contribution in [0.15, 0.2) is 71.6 Å². The second kappa shape index (κ2) is 15.2. The Hall–Kier alpha value is -3.46. The minimum Gasteiger partial charge on any atom is -0.545 e. The summed E-state index contributed by atoms with van der Waals surface area (Å²) in [6, 6.07) is 16.6. The van der Waals surface area contributed by atoms with Gasteiger partial charge in [0, 0.05) is 16.3 Å². The fraction of sp³-hybridized carbons (Fsp3) is 0.333. The van der Waals surface area contributed by atoms with E-state index in [4.69, 9.17) is 10.5 Å². The lowest BCUT2D eigenvalue weighted by atomic mass is 10.0.